The second-order valence-electron chi connectivity index (χ2n) is 4.97. The zero-order valence-corrected chi connectivity index (χ0v) is 12.2. The van der Waals surface area contributed by atoms with E-state index < -0.39 is 17.1 Å². The Kier molecular flexibility index (Phi) is 4.26. The quantitative estimate of drug-likeness (QED) is 0.416. The number of nitrogens with zero attached hydrogens (tertiary/aromatic N) is 6. The van der Waals surface area contributed by atoms with Gasteiger partial charge in [-0.3, -0.25) is 10.1 Å². The standard InChI is InChI=1S/C13H13N7O4/c21-7-10(13(22)8-1-3-9(4-2-8)20(23)24)14-11-5-6-12-15-17-18-19(12)16-11/h1-6,10,13,21-22H,7H2,(H,14,16). The average molecular weight is 331 g/mol. The van der Waals surface area contributed by atoms with Crippen LogP contribution in [0.5, 0.6) is 0 Å². The van der Waals surface area contributed by atoms with Crippen molar-refractivity contribution < 1.29 is 15.1 Å². The van der Waals surface area contributed by atoms with Gasteiger partial charge in [-0.25, -0.2) is 0 Å². The van der Waals surface area contributed by atoms with Crippen molar-refractivity contribution in [3.05, 3.63) is 52.1 Å². The molecular formula is C13H13N7O4. The molecule has 2 unspecified atom stereocenters. The molecule has 3 aromatic rings. The minimum atomic E-state index is -1.10. The number of tetrazole rings is 1. The van der Waals surface area contributed by atoms with Crippen LogP contribution >= 0.6 is 0 Å². The van der Waals surface area contributed by atoms with Gasteiger partial charge in [-0.05, 0) is 40.3 Å². The van der Waals surface area contributed by atoms with Crippen LogP contribution in [-0.4, -0.2) is 53.0 Å². The number of aromatic nitrogens is 5. The maximum absolute atomic E-state index is 10.7. The Labute approximate surface area is 134 Å². The zero-order chi connectivity index (χ0) is 17.1. The Morgan fingerprint density at radius 1 is 1.25 bits per heavy atom. The SMILES string of the molecule is O=[N+]([O-])c1ccc(C(O)C(CO)Nc2ccc3nnnn3n2)cc1. The van der Waals surface area contributed by atoms with Crippen molar-refractivity contribution >= 4 is 17.2 Å². The maximum Gasteiger partial charge on any atom is 0.269 e. The van der Waals surface area contributed by atoms with Crippen molar-refractivity contribution in [3.8, 4) is 0 Å². The molecule has 24 heavy (non-hydrogen) atoms. The Morgan fingerprint density at radius 3 is 2.67 bits per heavy atom. The third-order valence-electron chi connectivity index (χ3n) is 3.43. The molecule has 0 aliphatic rings. The molecule has 0 saturated carbocycles. The summed E-state index contributed by atoms with van der Waals surface area (Å²) in [6, 6.07) is 7.92. The number of nitro benzene ring substituents is 1. The van der Waals surface area contributed by atoms with Gasteiger partial charge in [0.1, 0.15) is 11.9 Å². The predicted octanol–water partition coefficient (Wildman–Crippen LogP) is -0.0661. The first-order chi connectivity index (χ1) is 11.6. The summed E-state index contributed by atoms with van der Waals surface area (Å²) in [5, 5.41) is 48.4. The highest BCUT2D eigenvalue weighted by atomic mass is 16.6. The highest BCUT2D eigenvalue weighted by molar-refractivity contribution is 5.43. The smallest absolute Gasteiger partial charge is 0.269 e. The third-order valence-corrected chi connectivity index (χ3v) is 3.43. The van der Waals surface area contributed by atoms with Gasteiger partial charge in [0.25, 0.3) is 5.69 Å². The molecule has 0 fully saturated rings. The van der Waals surface area contributed by atoms with E-state index in [9.17, 15) is 20.3 Å². The van der Waals surface area contributed by atoms with Gasteiger partial charge < -0.3 is 15.5 Å². The maximum atomic E-state index is 10.7. The van der Waals surface area contributed by atoms with Gasteiger partial charge in [-0.15, -0.1) is 14.8 Å². The average Bonchev–Trinajstić information content (AvgIpc) is 3.07. The van der Waals surface area contributed by atoms with Gasteiger partial charge in [-0.2, -0.15) is 0 Å². The Morgan fingerprint density at radius 2 is 2.00 bits per heavy atom. The second-order valence-corrected chi connectivity index (χ2v) is 4.97. The Hall–Kier alpha value is -3.18. The van der Waals surface area contributed by atoms with Crippen LogP contribution < -0.4 is 5.32 Å². The van der Waals surface area contributed by atoms with E-state index in [-0.39, 0.29) is 12.3 Å². The molecule has 124 valence electrons. The fraction of sp³-hybridized carbons (Fsp3) is 0.231. The number of aliphatic hydroxyl groups is 2. The highest BCUT2D eigenvalue weighted by Gasteiger charge is 2.21. The van der Waals surface area contributed by atoms with E-state index in [4.69, 9.17) is 0 Å². The summed E-state index contributed by atoms with van der Waals surface area (Å²) in [5.74, 6) is 0.356. The summed E-state index contributed by atoms with van der Waals surface area (Å²) in [6.45, 7) is -0.381. The molecule has 2 aromatic heterocycles. The lowest BCUT2D eigenvalue weighted by Crippen LogP contribution is -2.31. The highest BCUT2D eigenvalue weighted by Crippen LogP contribution is 2.22. The third kappa shape index (κ3) is 3.11. The molecule has 1 aromatic carbocycles. The van der Waals surface area contributed by atoms with Crippen LogP contribution in [0.3, 0.4) is 0 Å². The Bertz CT molecular complexity index is 851. The molecule has 11 nitrogen and oxygen atoms in total. The molecule has 0 aliphatic carbocycles. The number of nitrogens with one attached hydrogen (secondary N) is 1. The van der Waals surface area contributed by atoms with E-state index in [1.807, 2.05) is 0 Å². The van der Waals surface area contributed by atoms with E-state index in [0.717, 1.165) is 0 Å². The molecule has 0 bridgehead atoms. The molecule has 3 rings (SSSR count). The van der Waals surface area contributed by atoms with Crippen LogP contribution in [0.1, 0.15) is 11.7 Å². The molecule has 2 atom stereocenters. The summed E-state index contributed by atoms with van der Waals surface area (Å²) < 4.78 is 1.20. The van der Waals surface area contributed by atoms with Crippen LogP contribution in [0, 0.1) is 10.1 Å². The lowest BCUT2D eigenvalue weighted by atomic mass is 10.0. The van der Waals surface area contributed by atoms with Gasteiger partial charge in [0.15, 0.2) is 5.65 Å². The number of benzene rings is 1. The van der Waals surface area contributed by atoms with Crippen LogP contribution in [0.25, 0.3) is 5.65 Å². The number of hydrogen-bond acceptors (Lipinski definition) is 9. The van der Waals surface area contributed by atoms with Gasteiger partial charge in [-0.1, -0.05) is 0 Å². The lowest BCUT2D eigenvalue weighted by Gasteiger charge is -2.22. The predicted molar refractivity (Wildman–Crippen MR) is 81.1 cm³/mol. The summed E-state index contributed by atoms with van der Waals surface area (Å²) >= 11 is 0. The van der Waals surface area contributed by atoms with Crippen molar-refractivity contribution in [3.63, 3.8) is 0 Å². The molecule has 0 spiro atoms. The first-order valence-electron chi connectivity index (χ1n) is 6.93. The Balaban J connectivity index is 1.77. The van der Waals surface area contributed by atoms with E-state index >= 15 is 0 Å². The summed E-state index contributed by atoms with van der Waals surface area (Å²) in [4.78, 5) is 10.1. The fourth-order valence-electron chi connectivity index (χ4n) is 2.17. The first-order valence-corrected chi connectivity index (χ1v) is 6.93. The van der Waals surface area contributed by atoms with E-state index in [1.54, 1.807) is 12.1 Å². The molecule has 0 aliphatic heterocycles. The van der Waals surface area contributed by atoms with E-state index in [1.165, 1.54) is 28.9 Å². The largest absolute Gasteiger partial charge is 0.394 e. The summed E-state index contributed by atoms with van der Waals surface area (Å²) in [7, 11) is 0. The number of non-ortho nitro benzene ring substituents is 1. The molecule has 0 radical (unpaired) electrons. The van der Waals surface area contributed by atoms with Crippen LogP contribution in [-0.2, 0) is 0 Å². The first kappa shape index (κ1) is 15.7. The number of aliphatic hydroxyl groups excluding tert-OH is 2. The number of hydrogen-bond donors (Lipinski definition) is 3. The van der Waals surface area contributed by atoms with Crippen molar-refractivity contribution in [2.24, 2.45) is 0 Å². The fourth-order valence-corrected chi connectivity index (χ4v) is 2.17. The normalized spacial score (nSPS) is 13.6. The zero-order valence-electron chi connectivity index (χ0n) is 12.2. The van der Waals surface area contributed by atoms with Gasteiger partial charge >= 0.3 is 0 Å². The number of anilines is 1. The van der Waals surface area contributed by atoms with Crippen molar-refractivity contribution in [1.82, 2.24) is 25.3 Å². The van der Waals surface area contributed by atoms with E-state index in [2.05, 4.69) is 25.9 Å². The molecule has 11 heteroatoms. The molecular weight excluding hydrogens is 318 g/mol. The minimum Gasteiger partial charge on any atom is -0.394 e. The monoisotopic (exact) mass is 331 g/mol. The summed E-state index contributed by atoms with van der Waals surface area (Å²) in [5.41, 5.74) is 0.804. The number of nitro groups is 1. The minimum absolute atomic E-state index is 0.0785. The van der Waals surface area contributed by atoms with Crippen molar-refractivity contribution in [2.75, 3.05) is 11.9 Å². The molecule has 0 amide bonds. The van der Waals surface area contributed by atoms with Crippen molar-refractivity contribution in [1.29, 1.82) is 0 Å². The van der Waals surface area contributed by atoms with E-state index in [0.29, 0.717) is 17.0 Å². The topological polar surface area (TPSA) is 152 Å². The van der Waals surface area contributed by atoms with Crippen LogP contribution in [0.2, 0.25) is 0 Å². The molecule has 2 heterocycles. The molecule has 3 N–H and O–H groups in total. The summed E-state index contributed by atoms with van der Waals surface area (Å²) in [6.07, 6.45) is -1.10. The van der Waals surface area contributed by atoms with Gasteiger partial charge in [0.05, 0.1) is 17.6 Å². The number of rotatable bonds is 6. The van der Waals surface area contributed by atoms with Gasteiger partial charge in [0, 0.05) is 12.1 Å². The van der Waals surface area contributed by atoms with Crippen molar-refractivity contribution in [2.45, 2.75) is 12.1 Å². The van der Waals surface area contributed by atoms with Crippen LogP contribution in [0.15, 0.2) is 36.4 Å². The van der Waals surface area contributed by atoms with Gasteiger partial charge in [0.2, 0.25) is 0 Å². The molecule has 0 saturated heterocycles. The lowest BCUT2D eigenvalue weighted by molar-refractivity contribution is -0.384. The van der Waals surface area contributed by atoms with Crippen LogP contribution in [0.4, 0.5) is 11.5 Å². The number of fused-ring (bicyclic) bond motifs is 1. The second kappa shape index (κ2) is 6.52.